The first-order chi connectivity index (χ1) is 11.5. The van der Waals surface area contributed by atoms with Crippen LogP contribution in [0.15, 0.2) is 0 Å². The van der Waals surface area contributed by atoms with Crippen LogP contribution in [0, 0.1) is 0 Å². The van der Waals surface area contributed by atoms with E-state index in [1.165, 1.54) is 0 Å². The zero-order valence-corrected chi connectivity index (χ0v) is 14.1. The molecule has 0 spiro atoms. The molecule has 2 rings (SSSR count). The Morgan fingerprint density at radius 2 is 1.96 bits per heavy atom. The molecule has 9 nitrogen and oxygen atoms in total. The average Bonchev–Trinajstić information content (AvgIpc) is 3.07. The Morgan fingerprint density at radius 3 is 2.71 bits per heavy atom. The van der Waals surface area contributed by atoms with Crippen molar-refractivity contribution in [3.8, 4) is 0 Å². The van der Waals surface area contributed by atoms with Gasteiger partial charge in [-0.05, 0) is 12.8 Å². The number of nitrogens with one attached hydrogen (secondary N) is 2. The molecule has 0 aromatic rings. The van der Waals surface area contributed by atoms with Gasteiger partial charge in [-0.2, -0.15) is 11.8 Å². The van der Waals surface area contributed by atoms with Gasteiger partial charge < -0.3 is 15.4 Å². The molecule has 0 radical (unpaired) electrons. The van der Waals surface area contributed by atoms with Crippen molar-refractivity contribution in [2.24, 2.45) is 0 Å². The summed E-state index contributed by atoms with van der Waals surface area (Å²) in [5, 5.41) is 6.15. The van der Waals surface area contributed by atoms with Crippen LogP contribution in [0.2, 0.25) is 0 Å². The summed E-state index contributed by atoms with van der Waals surface area (Å²) in [5.41, 5.74) is 0. The first-order valence-corrected chi connectivity index (χ1v) is 8.72. The molecular weight excluding hydrogens is 340 g/mol. The zero-order valence-electron chi connectivity index (χ0n) is 13.2. The summed E-state index contributed by atoms with van der Waals surface area (Å²) in [7, 11) is 0. The Morgan fingerprint density at radius 1 is 1.17 bits per heavy atom. The number of rotatable bonds is 7. The van der Waals surface area contributed by atoms with Crippen LogP contribution in [-0.2, 0) is 28.9 Å². The van der Waals surface area contributed by atoms with Crippen molar-refractivity contribution in [3.05, 3.63) is 0 Å². The largest absolute Gasteiger partial charge is 0.453 e. The van der Waals surface area contributed by atoms with E-state index >= 15 is 0 Å². The third-order valence-corrected chi connectivity index (χ3v) is 5.17. The highest BCUT2D eigenvalue weighted by molar-refractivity contribution is 8.00. The lowest BCUT2D eigenvalue weighted by atomic mass is 10.0. The average molecular weight is 360 g/mol. The fourth-order valence-corrected chi connectivity index (χ4v) is 4.14. The number of thioether (sulfide) groups is 1. The molecule has 0 unspecified atom stereocenters. The normalized spacial score (nSPS) is 24.5. The second-order valence-electron chi connectivity index (χ2n) is 5.56. The Bertz CT molecular complexity index is 513. The molecule has 2 aliphatic heterocycles. The topological polar surface area (TPSA) is 120 Å². The van der Waals surface area contributed by atoms with E-state index in [-0.39, 0.29) is 24.5 Å². The van der Waals surface area contributed by atoms with Gasteiger partial charge >= 0.3 is 23.9 Å². The Labute approximate surface area is 143 Å². The fourth-order valence-electron chi connectivity index (χ4n) is 2.60. The Kier molecular flexibility index (Phi) is 6.71. The predicted octanol–water partition coefficient (Wildman–Crippen LogP) is 0.277. The molecular formula is C14H20N2O7S. The van der Waals surface area contributed by atoms with Crippen molar-refractivity contribution in [2.75, 3.05) is 12.4 Å². The smallest absolute Gasteiger partial charge is 0.392 e. The molecule has 10 heteroatoms. The lowest BCUT2D eigenvalue weighted by molar-refractivity contribution is -0.259. The number of urea groups is 1. The van der Waals surface area contributed by atoms with Gasteiger partial charge in [-0.3, -0.25) is 4.79 Å². The van der Waals surface area contributed by atoms with Crippen LogP contribution in [0.3, 0.4) is 0 Å². The van der Waals surface area contributed by atoms with E-state index in [2.05, 4.69) is 20.4 Å². The number of hydrogen-bond acceptors (Lipinski definition) is 8. The number of carbonyl (C=O) groups excluding carboxylic acids is 4. The highest BCUT2D eigenvalue weighted by Gasteiger charge is 2.42. The van der Waals surface area contributed by atoms with Crippen molar-refractivity contribution < 1.29 is 33.7 Å². The van der Waals surface area contributed by atoms with E-state index in [9.17, 15) is 19.2 Å². The zero-order chi connectivity index (χ0) is 17.5. The second kappa shape index (κ2) is 8.76. The molecule has 0 bridgehead atoms. The summed E-state index contributed by atoms with van der Waals surface area (Å²) in [5.74, 6) is -1.32. The number of unbranched alkanes of at least 4 members (excludes halogenated alkanes) is 1. The molecule has 24 heavy (non-hydrogen) atoms. The maximum Gasteiger partial charge on any atom is 0.392 e. The van der Waals surface area contributed by atoms with Crippen LogP contribution in [0.5, 0.6) is 0 Å². The summed E-state index contributed by atoms with van der Waals surface area (Å²) >= 11 is 1.82. The summed E-state index contributed by atoms with van der Waals surface area (Å²) < 4.78 is 4.71. The first-order valence-electron chi connectivity index (χ1n) is 7.68. The molecule has 0 aromatic carbocycles. The lowest BCUT2D eigenvalue weighted by Crippen LogP contribution is -2.36. The molecule has 134 valence electrons. The molecule has 3 atom stereocenters. The van der Waals surface area contributed by atoms with Crippen molar-refractivity contribution in [1.29, 1.82) is 0 Å². The molecule has 2 heterocycles. The third kappa shape index (κ3) is 5.59. The molecule has 2 saturated heterocycles. The fraction of sp³-hybridized carbons (Fsp3) is 0.714. The van der Waals surface area contributed by atoms with Crippen LogP contribution in [0.25, 0.3) is 0 Å². The van der Waals surface area contributed by atoms with Gasteiger partial charge in [-0.25, -0.2) is 24.2 Å². The number of esters is 1. The lowest BCUT2D eigenvalue weighted by Gasteiger charge is -2.16. The summed E-state index contributed by atoms with van der Waals surface area (Å²) in [6.07, 6.45) is 2.55. The molecule has 0 aromatic heterocycles. The second-order valence-corrected chi connectivity index (χ2v) is 6.83. The SMILES string of the molecule is CC(=O)OOC(=O)COC(=O)CCCC[C@H]1SC[C@H]2NC(=O)N[C@H]21. The molecule has 0 saturated carbocycles. The molecule has 2 N–H and O–H groups in total. The van der Waals surface area contributed by atoms with Crippen LogP contribution >= 0.6 is 11.8 Å². The standard InChI is InChI=1S/C14H20N2O7S/c1-8(17)22-23-12(19)6-21-11(18)5-3-2-4-10-13-9(7-24-10)15-14(20)16-13/h9-10,13H,2-7H2,1H3,(H2,15,16,20)/t9-,10-,13-/m1/s1. The number of amides is 2. The van der Waals surface area contributed by atoms with E-state index in [1.54, 1.807) is 0 Å². The van der Waals surface area contributed by atoms with Gasteiger partial charge in [-0.1, -0.05) is 6.42 Å². The van der Waals surface area contributed by atoms with E-state index in [0.717, 1.165) is 25.5 Å². The minimum Gasteiger partial charge on any atom is -0.453 e. The Hall–Kier alpha value is -1.97. The van der Waals surface area contributed by atoms with Gasteiger partial charge in [-0.15, -0.1) is 0 Å². The third-order valence-electron chi connectivity index (χ3n) is 3.66. The van der Waals surface area contributed by atoms with E-state index in [4.69, 9.17) is 4.74 Å². The van der Waals surface area contributed by atoms with Gasteiger partial charge in [0.15, 0.2) is 6.61 Å². The van der Waals surface area contributed by atoms with Crippen molar-refractivity contribution in [3.63, 3.8) is 0 Å². The summed E-state index contributed by atoms with van der Waals surface area (Å²) in [6.45, 7) is 0.489. The van der Waals surface area contributed by atoms with Gasteiger partial charge in [0.05, 0.1) is 12.1 Å². The van der Waals surface area contributed by atoms with E-state index in [0.29, 0.717) is 11.7 Å². The van der Waals surface area contributed by atoms with E-state index in [1.807, 2.05) is 11.8 Å². The van der Waals surface area contributed by atoms with Gasteiger partial charge in [0, 0.05) is 24.3 Å². The van der Waals surface area contributed by atoms with Gasteiger partial charge in [0.2, 0.25) is 0 Å². The highest BCUT2D eigenvalue weighted by Crippen LogP contribution is 2.33. The monoisotopic (exact) mass is 360 g/mol. The highest BCUT2D eigenvalue weighted by atomic mass is 32.2. The number of ether oxygens (including phenoxy) is 1. The number of hydrogen-bond donors (Lipinski definition) is 2. The van der Waals surface area contributed by atoms with Gasteiger partial charge in [0.25, 0.3) is 0 Å². The molecule has 2 aliphatic rings. The predicted molar refractivity (Wildman–Crippen MR) is 82.8 cm³/mol. The van der Waals surface area contributed by atoms with Crippen molar-refractivity contribution in [2.45, 2.75) is 49.9 Å². The van der Waals surface area contributed by atoms with Crippen LogP contribution < -0.4 is 10.6 Å². The van der Waals surface area contributed by atoms with E-state index < -0.39 is 24.5 Å². The minimum atomic E-state index is -0.948. The molecule has 0 aliphatic carbocycles. The van der Waals surface area contributed by atoms with Crippen LogP contribution in [-0.4, -0.2) is 53.6 Å². The maximum atomic E-state index is 11.5. The van der Waals surface area contributed by atoms with Gasteiger partial charge in [0.1, 0.15) is 0 Å². The summed E-state index contributed by atoms with van der Waals surface area (Å²) in [4.78, 5) is 52.4. The molecule has 2 amide bonds. The molecule has 2 fully saturated rings. The quantitative estimate of drug-likeness (QED) is 0.218. The van der Waals surface area contributed by atoms with Crippen LogP contribution in [0.1, 0.15) is 32.6 Å². The first kappa shape index (κ1) is 18.4. The number of fused-ring (bicyclic) bond motifs is 1. The Balaban J connectivity index is 1.53. The van der Waals surface area contributed by atoms with Crippen molar-refractivity contribution in [1.82, 2.24) is 10.6 Å². The minimum absolute atomic E-state index is 0.112. The summed E-state index contributed by atoms with van der Waals surface area (Å²) in [6, 6.07) is 0.241. The maximum absolute atomic E-state index is 11.5. The van der Waals surface area contributed by atoms with Crippen LogP contribution in [0.4, 0.5) is 4.79 Å². The number of carbonyl (C=O) groups is 4. The van der Waals surface area contributed by atoms with Crippen molar-refractivity contribution >= 4 is 35.7 Å².